The van der Waals surface area contributed by atoms with E-state index in [4.69, 9.17) is 4.74 Å². The molecule has 0 aliphatic heterocycles. The van der Waals surface area contributed by atoms with Gasteiger partial charge in [0.2, 0.25) is 0 Å². The van der Waals surface area contributed by atoms with Crippen molar-refractivity contribution in [2.45, 2.75) is 53.2 Å². The van der Waals surface area contributed by atoms with Crippen LogP contribution in [0.3, 0.4) is 0 Å². The maximum atomic E-state index is 5.97. The molecule has 2 nitrogen and oxygen atoms in total. The summed E-state index contributed by atoms with van der Waals surface area (Å²) in [5.41, 5.74) is 2.70. The second kappa shape index (κ2) is 8.34. The third-order valence-corrected chi connectivity index (χ3v) is 3.33. The van der Waals surface area contributed by atoms with Crippen LogP contribution in [0.15, 0.2) is 24.3 Å². The summed E-state index contributed by atoms with van der Waals surface area (Å²) in [4.78, 5) is 0. The third kappa shape index (κ3) is 5.33. The standard InChI is InChI=1S/C17H29NO/c1-6-15-8-10-16(11-9-15)17(18-7-2)14(5)19-12-13(3)4/h8-11,13-14,17-18H,6-7,12H2,1-5H3. The van der Waals surface area contributed by atoms with Crippen LogP contribution in [-0.4, -0.2) is 19.3 Å². The van der Waals surface area contributed by atoms with Crippen LogP contribution in [0, 0.1) is 5.92 Å². The van der Waals surface area contributed by atoms with Crippen LogP contribution in [0.25, 0.3) is 0 Å². The van der Waals surface area contributed by atoms with Crippen molar-refractivity contribution in [3.63, 3.8) is 0 Å². The van der Waals surface area contributed by atoms with Crippen molar-refractivity contribution in [2.75, 3.05) is 13.2 Å². The summed E-state index contributed by atoms with van der Waals surface area (Å²) in [5.74, 6) is 0.576. The number of likely N-dealkylation sites (N-methyl/N-ethyl adjacent to an activating group) is 1. The van der Waals surface area contributed by atoms with E-state index >= 15 is 0 Å². The van der Waals surface area contributed by atoms with Crippen LogP contribution in [0.1, 0.15) is 51.8 Å². The molecule has 108 valence electrons. The minimum absolute atomic E-state index is 0.190. The molecule has 1 aromatic rings. The summed E-state index contributed by atoms with van der Waals surface area (Å²) < 4.78 is 5.97. The highest BCUT2D eigenvalue weighted by molar-refractivity contribution is 5.25. The van der Waals surface area contributed by atoms with Gasteiger partial charge >= 0.3 is 0 Å². The molecular weight excluding hydrogens is 234 g/mol. The fourth-order valence-corrected chi connectivity index (χ4v) is 2.18. The van der Waals surface area contributed by atoms with Crippen molar-refractivity contribution < 1.29 is 4.74 Å². The van der Waals surface area contributed by atoms with Gasteiger partial charge in [0.25, 0.3) is 0 Å². The van der Waals surface area contributed by atoms with Gasteiger partial charge in [0.15, 0.2) is 0 Å². The molecule has 0 saturated carbocycles. The average Bonchev–Trinajstić information content (AvgIpc) is 2.42. The van der Waals surface area contributed by atoms with E-state index in [1.165, 1.54) is 11.1 Å². The molecule has 0 aliphatic rings. The van der Waals surface area contributed by atoms with Gasteiger partial charge in [-0.2, -0.15) is 0 Å². The van der Waals surface area contributed by atoms with Crippen LogP contribution in [0.5, 0.6) is 0 Å². The van der Waals surface area contributed by atoms with Gasteiger partial charge in [-0.05, 0) is 36.9 Å². The lowest BCUT2D eigenvalue weighted by molar-refractivity contribution is 0.0232. The fraction of sp³-hybridized carbons (Fsp3) is 0.647. The summed E-state index contributed by atoms with van der Waals surface area (Å²) in [6.45, 7) is 12.6. The van der Waals surface area contributed by atoms with E-state index in [-0.39, 0.29) is 12.1 Å². The van der Waals surface area contributed by atoms with Crippen LogP contribution < -0.4 is 5.32 Å². The van der Waals surface area contributed by atoms with Crippen molar-refractivity contribution in [1.82, 2.24) is 5.32 Å². The lowest BCUT2D eigenvalue weighted by atomic mass is 10.00. The van der Waals surface area contributed by atoms with Crippen molar-refractivity contribution >= 4 is 0 Å². The summed E-state index contributed by atoms with van der Waals surface area (Å²) in [6, 6.07) is 9.15. The Morgan fingerprint density at radius 1 is 1.05 bits per heavy atom. The molecule has 0 spiro atoms. The Bertz CT molecular complexity index is 345. The minimum Gasteiger partial charge on any atom is -0.376 e. The zero-order valence-corrected chi connectivity index (χ0v) is 13.1. The second-order valence-corrected chi connectivity index (χ2v) is 5.56. The van der Waals surface area contributed by atoms with Crippen molar-refractivity contribution in [3.05, 3.63) is 35.4 Å². The summed E-state index contributed by atoms with van der Waals surface area (Å²) in [6.07, 6.45) is 1.28. The number of nitrogens with one attached hydrogen (secondary N) is 1. The van der Waals surface area contributed by atoms with Crippen molar-refractivity contribution in [2.24, 2.45) is 5.92 Å². The molecule has 0 aromatic heterocycles. The quantitative estimate of drug-likeness (QED) is 0.766. The number of rotatable bonds is 8. The van der Waals surface area contributed by atoms with E-state index in [1.54, 1.807) is 0 Å². The van der Waals surface area contributed by atoms with Crippen LogP contribution in [-0.2, 0) is 11.2 Å². The summed E-state index contributed by atoms with van der Waals surface area (Å²) in [5, 5.41) is 3.53. The Hall–Kier alpha value is -0.860. The molecule has 0 amide bonds. The highest BCUT2D eigenvalue weighted by Gasteiger charge is 2.19. The molecule has 2 unspecified atom stereocenters. The van der Waals surface area contributed by atoms with Gasteiger partial charge in [0.1, 0.15) is 0 Å². The predicted molar refractivity (Wildman–Crippen MR) is 82.5 cm³/mol. The maximum absolute atomic E-state index is 5.97. The molecule has 1 aromatic carbocycles. The molecule has 2 atom stereocenters. The van der Waals surface area contributed by atoms with E-state index in [0.29, 0.717) is 5.92 Å². The Morgan fingerprint density at radius 3 is 2.16 bits per heavy atom. The first-order valence-electron chi connectivity index (χ1n) is 7.52. The third-order valence-electron chi connectivity index (χ3n) is 3.33. The molecule has 0 aliphatic carbocycles. The smallest absolute Gasteiger partial charge is 0.0741 e. The Morgan fingerprint density at radius 2 is 1.68 bits per heavy atom. The highest BCUT2D eigenvalue weighted by atomic mass is 16.5. The molecule has 0 saturated heterocycles. The van der Waals surface area contributed by atoms with E-state index in [2.05, 4.69) is 64.2 Å². The predicted octanol–water partition coefficient (Wildman–Crippen LogP) is 3.96. The van der Waals surface area contributed by atoms with Gasteiger partial charge in [-0.1, -0.05) is 52.0 Å². The number of benzene rings is 1. The molecule has 0 bridgehead atoms. The number of aryl methyl sites for hydroxylation is 1. The van der Waals surface area contributed by atoms with Crippen LogP contribution in [0.2, 0.25) is 0 Å². The molecular formula is C17H29NO. The SMILES string of the molecule is CCNC(c1ccc(CC)cc1)C(C)OCC(C)C. The van der Waals surface area contributed by atoms with Gasteiger partial charge in [0, 0.05) is 6.61 Å². The van der Waals surface area contributed by atoms with Crippen LogP contribution in [0.4, 0.5) is 0 Å². The summed E-state index contributed by atoms with van der Waals surface area (Å²) in [7, 11) is 0. The molecule has 2 heteroatoms. The topological polar surface area (TPSA) is 21.3 Å². The first kappa shape index (κ1) is 16.2. The van der Waals surface area contributed by atoms with Gasteiger partial charge < -0.3 is 10.1 Å². The van der Waals surface area contributed by atoms with Gasteiger partial charge in [-0.15, -0.1) is 0 Å². The highest BCUT2D eigenvalue weighted by Crippen LogP contribution is 2.20. The summed E-state index contributed by atoms with van der Waals surface area (Å²) >= 11 is 0. The monoisotopic (exact) mass is 263 g/mol. The van der Waals surface area contributed by atoms with E-state index in [1.807, 2.05) is 0 Å². The molecule has 0 heterocycles. The first-order chi connectivity index (χ1) is 9.08. The number of hydrogen-bond donors (Lipinski definition) is 1. The molecule has 0 radical (unpaired) electrons. The first-order valence-corrected chi connectivity index (χ1v) is 7.52. The Kier molecular flexibility index (Phi) is 7.11. The number of ether oxygens (including phenoxy) is 1. The largest absolute Gasteiger partial charge is 0.376 e. The Labute approximate surface area is 118 Å². The van der Waals surface area contributed by atoms with E-state index < -0.39 is 0 Å². The lowest BCUT2D eigenvalue weighted by Crippen LogP contribution is -2.32. The zero-order chi connectivity index (χ0) is 14.3. The van der Waals surface area contributed by atoms with Gasteiger partial charge in [-0.25, -0.2) is 0 Å². The minimum atomic E-state index is 0.190. The molecule has 19 heavy (non-hydrogen) atoms. The second-order valence-electron chi connectivity index (χ2n) is 5.56. The average molecular weight is 263 g/mol. The molecule has 1 rings (SSSR count). The molecule has 0 fully saturated rings. The van der Waals surface area contributed by atoms with Crippen molar-refractivity contribution in [1.29, 1.82) is 0 Å². The van der Waals surface area contributed by atoms with E-state index in [0.717, 1.165) is 19.6 Å². The van der Waals surface area contributed by atoms with Crippen molar-refractivity contribution in [3.8, 4) is 0 Å². The van der Waals surface area contributed by atoms with Crippen LogP contribution >= 0.6 is 0 Å². The van der Waals surface area contributed by atoms with E-state index in [9.17, 15) is 0 Å². The number of hydrogen-bond acceptors (Lipinski definition) is 2. The normalized spacial score (nSPS) is 14.6. The van der Waals surface area contributed by atoms with Gasteiger partial charge in [0.05, 0.1) is 12.1 Å². The zero-order valence-electron chi connectivity index (χ0n) is 13.1. The van der Waals surface area contributed by atoms with Gasteiger partial charge in [-0.3, -0.25) is 0 Å². The Balaban J connectivity index is 2.73. The fourth-order valence-electron chi connectivity index (χ4n) is 2.18. The lowest BCUT2D eigenvalue weighted by Gasteiger charge is -2.26. The maximum Gasteiger partial charge on any atom is 0.0741 e. The molecule has 1 N–H and O–H groups in total.